The maximum absolute atomic E-state index is 5.85. The summed E-state index contributed by atoms with van der Waals surface area (Å²) >= 11 is 1.55. The van der Waals surface area contributed by atoms with Crippen molar-refractivity contribution < 1.29 is 4.74 Å². The van der Waals surface area contributed by atoms with Gasteiger partial charge in [0, 0.05) is 43.7 Å². The van der Waals surface area contributed by atoms with Crippen LogP contribution < -0.4 is 9.64 Å². The van der Waals surface area contributed by atoms with Crippen LogP contribution in [0.3, 0.4) is 0 Å². The quantitative estimate of drug-likeness (QED) is 0.861. The monoisotopic (exact) mass is 276 g/mol. The molecule has 0 aromatic carbocycles. The van der Waals surface area contributed by atoms with Crippen LogP contribution in [-0.2, 0) is 0 Å². The van der Waals surface area contributed by atoms with Gasteiger partial charge in [0.2, 0.25) is 0 Å². The molecule has 2 aromatic heterocycles. The van der Waals surface area contributed by atoms with Gasteiger partial charge in [-0.25, -0.2) is 9.97 Å². The molecule has 0 N–H and O–H groups in total. The minimum absolute atomic E-state index is 0.264. The highest BCUT2D eigenvalue weighted by Crippen LogP contribution is 2.22. The van der Waals surface area contributed by atoms with Crippen LogP contribution in [0.2, 0.25) is 0 Å². The lowest BCUT2D eigenvalue weighted by Crippen LogP contribution is -2.38. The predicted molar refractivity (Wildman–Crippen MR) is 74.7 cm³/mol. The molecule has 3 rings (SSSR count). The standard InChI is InChI=1S/C13H16N4OS/c1-10-8-14-9-12(16-10)17-5-2-11(3-6-17)18-13-15-4-7-19-13/h4,7-9,11H,2-3,5-6H2,1H3. The zero-order chi connectivity index (χ0) is 13.1. The van der Waals surface area contributed by atoms with E-state index in [0.717, 1.165) is 42.6 Å². The molecule has 0 unspecified atom stereocenters. The Labute approximate surface area is 116 Å². The van der Waals surface area contributed by atoms with Crippen molar-refractivity contribution >= 4 is 17.2 Å². The Bertz CT molecular complexity index is 523. The number of piperidine rings is 1. The number of hydrogen-bond donors (Lipinski definition) is 0. The molecule has 0 bridgehead atoms. The van der Waals surface area contributed by atoms with E-state index in [1.807, 2.05) is 18.5 Å². The van der Waals surface area contributed by atoms with E-state index in [-0.39, 0.29) is 6.10 Å². The number of rotatable bonds is 3. The van der Waals surface area contributed by atoms with Gasteiger partial charge in [-0.2, -0.15) is 0 Å². The van der Waals surface area contributed by atoms with Gasteiger partial charge < -0.3 is 9.64 Å². The first kappa shape index (κ1) is 12.3. The Hall–Kier alpha value is -1.69. The molecule has 19 heavy (non-hydrogen) atoms. The van der Waals surface area contributed by atoms with Crippen molar-refractivity contribution in [3.05, 3.63) is 29.7 Å². The van der Waals surface area contributed by atoms with Gasteiger partial charge >= 0.3 is 0 Å². The largest absolute Gasteiger partial charge is 0.467 e. The van der Waals surface area contributed by atoms with E-state index in [1.54, 1.807) is 23.7 Å². The minimum Gasteiger partial charge on any atom is -0.467 e. The van der Waals surface area contributed by atoms with Crippen LogP contribution in [0.5, 0.6) is 5.19 Å². The molecule has 0 amide bonds. The summed E-state index contributed by atoms with van der Waals surface area (Å²) in [4.78, 5) is 15.1. The van der Waals surface area contributed by atoms with Crippen molar-refractivity contribution in [2.75, 3.05) is 18.0 Å². The fourth-order valence-electron chi connectivity index (χ4n) is 2.22. The number of aryl methyl sites for hydroxylation is 1. The van der Waals surface area contributed by atoms with E-state index >= 15 is 0 Å². The molecule has 0 radical (unpaired) electrons. The molecule has 0 spiro atoms. The Morgan fingerprint density at radius 1 is 1.32 bits per heavy atom. The lowest BCUT2D eigenvalue weighted by molar-refractivity contribution is 0.170. The number of hydrogen-bond acceptors (Lipinski definition) is 6. The van der Waals surface area contributed by atoms with Crippen molar-refractivity contribution in [1.29, 1.82) is 0 Å². The third kappa shape index (κ3) is 3.01. The summed E-state index contributed by atoms with van der Waals surface area (Å²) in [6, 6.07) is 0. The van der Waals surface area contributed by atoms with E-state index in [2.05, 4.69) is 19.9 Å². The molecule has 0 atom stereocenters. The number of aromatic nitrogens is 3. The molecule has 100 valence electrons. The summed E-state index contributed by atoms with van der Waals surface area (Å²) in [5.41, 5.74) is 0.957. The van der Waals surface area contributed by atoms with Crippen LogP contribution >= 0.6 is 11.3 Å². The minimum atomic E-state index is 0.264. The van der Waals surface area contributed by atoms with Crippen molar-refractivity contribution in [2.24, 2.45) is 0 Å². The highest BCUT2D eigenvalue weighted by atomic mass is 32.1. The average Bonchev–Trinajstić information content (AvgIpc) is 2.92. The molecule has 2 aromatic rings. The van der Waals surface area contributed by atoms with Gasteiger partial charge in [0.1, 0.15) is 11.9 Å². The molecule has 0 aliphatic carbocycles. The summed E-state index contributed by atoms with van der Waals surface area (Å²) in [5.74, 6) is 0.965. The molecule has 1 aliphatic rings. The zero-order valence-corrected chi connectivity index (χ0v) is 11.6. The molecule has 6 heteroatoms. The second-order valence-corrected chi connectivity index (χ2v) is 5.48. The normalized spacial score (nSPS) is 16.6. The molecular weight excluding hydrogens is 260 g/mol. The van der Waals surface area contributed by atoms with Crippen molar-refractivity contribution in [3.8, 4) is 5.19 Å². The van der Waals surface area contributed by atoms with Crippen LogP contribution in [0.25, 0.3) is 0 Å². The number of thiazole rings is 1. The topological polar surface area (TPSA) is 51.1 Å². The highest BCUT2D eigenvalue weighted by Gasteiger charge is 2.22. The second-order valence-electron chi connectivity index (χ2n) is 4.62. The molecule has 5 nitrogen and oxygen atoms in total. The summed E-state index contributed by atoms with van der Waals surface area (Å²) in [6.07, 6.45) is 7.64. The maximum atomic E-state index is 5.85. The lowest BCUT2D eigenvalue weighted by atomic mass is 10.1. The lowest BCUT2D eigenvalue weighted by Gasteiger charge is -2.32. The third-order valence-corrected chi connectivity index (χ3v) is 3.85. The Kier molecular flexibility index (Phi) is 3.59. The molecule has 0 saturated carbocycles. The average molecular weight is 276 g/mol. The predicted octanol–water partition coefficient (Wildman–Crippen LogP) is 2.29. The van der Waals surface area contributed by atoms with Crippen LogP contribution in [0.1, 0.15) is 18.5 Å². The highest BCUT2D eigenvalue weighted by molar-refractivity contribution is 7.11. The second kappa shape index (κ2) is 5.52. The van der Waals surface area contributed by atoms with Crippen LogP contribution in [-0.4, -0.2) is 34.1 Å². The summed E-state index contributed by atoms with van der Waals surface area (Å²) in [6.45, 7) is 3.87. The van der Waals surface area contributed by atoms with Crippen molar-refractivity contribution in [3.63, 3.8) is 0 Å². The Morgan fingerprint density at radius 2 is 2.16 bits per heavy atom. The Morgan fingerprint density at radius 3 is 2.84 bits per heavy atom. The zero-order valence-electron chi connectivity index (χ0n) is 10.8. The van der Waals surface area contributed by atoms with Crippen molar-refractivity contribution in [2.45, 2.75) is 25.9 Å². The molecule has 1 saturated heterocycles. The Balaban J connectivity index is 1.57. The van der Waals surface area contributed by atoms with Gasteiger partial charge in [-0.1, -0.05) is 11.3 Å². The van der Waals surface area contributed by atoms with Gasteiger partial charge in [0.25, 0.3) is 5.19 Å². The van der Waals surface area contributed by atoms with Gasteiger partial charge in [-0.3, -0.25) is 4.98 Å². The van der Waals surface area contributed by atoms with E-state index in [0.29, 0.717) is 0 Å². The smallest absolute Gasteiger partial charge is 0.273 e. The number of nitrogens with zero attached hydrogens (tertiary/aromatic N) is 4. The van der Waals surface area contributed by atoms with Gasteiger partial charge in [0.05, 0.1) is 11.9 Å². The van der Waals surface area contributed by atoms with E-state index < -0.39 is 0 Å². The molecule has 1 fully saturated rings. The van der Waals surface area contributed by atoms with Crippen LogP contribution in [0.4, 0.5) is 5.82 Å². The first-order valence-corrected chi connectivity index (χ1v) is 7.29. The van der Waals surface area contributed by atoms with Crippen LogP contribution in [0, 0.1) is 6.92 Å². The number of anilines is 1. The fourth-order valence-corrected chi connectivity index (χ4v) is 2.77. The van der Waals surface area contributed by atoms with Crippen LogP contribution in [0.15, 0.2) is 24.0 Å². The molecule has 3 heterocycles. The van der Waals surface area contributed by atoms with E-state index in [1.165, 1.54) is 0 Å². The SMILES string of the molecule is Cc1cncc(N2CCC(Oc3nccs3)CC2)n1. The van der Waals surface area contributed by atoms with E-state index in [9.17, 15) is 0 Å². The van der Waals surface area contributed by atoms with E-state index in [4.69, 9.17) is 4.74 Å². The van der Waals surface area contributed by atoms with Gasteiger partial charge in [0.15, 0.2) is 0 Å². The molecular formula is C13H16N4OS. The van der Waals surface area contributed by atoms with Crippen molar-refractivity contribution in [1.82, 2.24) is 15.0 Å². The van der Waals surface area contributed by atoms with Gasteiger partial charge in [-0.05, 0) is 6.92 Å². The van der Waals surface area contributed by atoms with Gasteiger partial charge in [-0.15, -0.1) is 0 Å². The first-order chi connectivity index (χ1) is 9.31. The first-order valence-electron chi connectivity index (χ1n) is 6.41. The summed E-state index contributed by atoms with van der Waals surface area (Å²) < 4.78 is 5.85. The maximum Gasteiger partial charge on any atom is 0.273 e. The summed E-state index contributed by atoms with van der Waals surface area (Å²) in [5, 5.41) is 2.71. The fraction of sp³-hybridized carbons (Fsp3) is 0.462. The summed E-state index contributed by atoms with van der Waals surface area (Å²) in [7, 11) is 0. The molecule has 1 aliphatic heterocycles. The third-order valence-electron chi connectivity index (χ3n) is 3.19. The number of ether oxygens (including phenoxy) is 1.